The van der Waals surface area contributed by atoms with Gasteiger partial charge in [0.05, 0.1) is 30.5 Å². The van der Waals surface area contributed by atoms with Crippen molar-refractivity contribution in [3.8, 4) is 0 Å². The van der Waals surface area contributed by atoms with E-state index in [1.54, 1.807) is 6.20 Å². The maximum absolute atomic E-state index is 12.6. The monoisotopic (exact) mass is 294 g/mol. The first-order valence-corrected chi connectivity index (χ1v) is 7.63. The molecule has 118 valence electrons. The first-order chi connectivity index (χ1) is 9.97. The Labute approximate surface area is 126 Å². The Morgan fingerprint density at radius 2 is 2.14 bits per heavy atom. The van der Waals surface area contributed by atoms with Crippen molar-refractivity contribution < 1.29 is 9.53 Å². The number of morpholine rings is 1. The van der Waals surface area contributed by atoms with Crippen molar-refractivity contribution in [2.75, 3.05) is 13.1 Å². The molecule has 2 rings (SSSR count). The molecule has 0 saturated carbocycles. The second-order valence-electron chi connectivity index (χ2n) is 6.20. The van der Waals surface area contributed by atoms with E-state index in [1.165, 1.54) is 0 Å². The lowest BCUT2D eigenvalue weighted by molar-refractivity contribution is -0.135. The molecule has 0 radical (unpaired) electrons. The Kier molecular flexibility index (Phi) is 5.36. The average molecular weight is 294 g/mol. The van der Waals surface area contributed by atoms with Crippen LogP contribution < -0.4 is 5.32 Å². The van der Waals surface area contributed by atoms with E-state index in [-0.39, 0.29) is 30.1 Å². The van der Waals surface area contributed by atoms with Gasteiger partial charge in [0.15, 0.2) is 0 Å². The van der Waals surface area contributed by atoms with E-state index in [4.69, 9.17) is 4.74 Å². The standard InChI is InChI=1S/C15H26N4O2/c1-10(2)14(19-8-11(3)21-12(4)9-19)15(20)16-7-13-5-6-17-18-13/h5-6,10-12,14H,7-9H2,1-4H3,(H,16,20)(H,17,18)/t11-,12-,14+/m1/s1. The molecule has 0 unspecified atom stereocenters. The summed E-state index contributed by atoms with van der Waals surface area (Å²) in [7, 11) is 0. The number of aromatic amines is 1. The SMILES string of the molecule is CC(C)[C@@H](C(=O)NCc1ccn[nH]1)N1C[C@@H](C)O[C@H](C)C1. The summed E-state index contributed by atoms with van der Waals surface area (Å²) < 4.78 is 5.76. The van der Waals surface area contributed by atoms with Gasteiger partial charge in [-0.3, -0.25) is 14.8 Å². The van der Waals surface area contributed by atoms with Crippen molar-refractivity contribution in [3.05, 3.63) is 18.0 Å². The summed E-state index contributed by atoms with van der Waals surface area (Å²) in [4.78, 5) is 14.8. The van der Waals surface area contributed by atoms with Crippen molar-refractivity contribution in [2.45, 2.75) is 52.5 Å². The van der Waals surface area contributed by atoms with Crippen LogP contribution in [0, 0.1) is 5.92 Å². The van der Waals surface area contributed by atoms with Crippen LogP contribution in [-0.2, 0) is 16.1 Å². The van der Waals surface area contributed by atoms with E-state index >= 15 is 0 Å². The molecule has 0 aromatic carbocycles. The van der Waals surface area contributed by atoms with Gasteiger partial charge in [-0.25, -0.2) is 0 Å². The summed E-state index contributed by atoms with van der Waals surface area (Å²) in [6.07, 6.45) is 2.01. The quantitative estimate of drug-likeness (QED) is 0.855. The van der Waals surface area contributed by atoms with E-state index < -0.39 is 0 Å². The van der Waals surface area contributed by atoms with E-state index in [1.807, 2.05) is 6.07 Å². The average Bonchev–Trinajstić information content (AvgIpc) is 2.87. The Morgan fingerprint density at radius 3 is 2.67 bits per heavy atom. The minimum Gasteiger partial charge on any atom is -0.373 e. The van der Waals surface area contributed by atoms with Crippen molar-refractivity contribution >= 4 is 5.91 Å². The van der Waals surface area contributed by atoms with Gasteiger partial charge >= 0.3 is 0 Å². The Morgan fingerprint density at radius 1 is 1.48 bits per heavy atom. The lowest BCUT2D eigenvalue weighted by atomic mass is 9.99. The van der Waals surface area contributed by atoms with E-state index in [2.05, 4.69) is 48.1 Å². The zero-order valence-corrected chi connectivity index (χ0v) is 13.3. The third-order valence-electron chi connectivity index (χ3n) is 3.75. The summed E-state index contributed by atoms with van der Waals surface area (Å²) in [5, 5.41) is 9.74. The Bertz CT molecular complexity index is 437. The van der Waals surface area contributed by atoms with Gasteiger partial charge in [-0.05, 0) is 25.8 Å². The van der Waals surface area contributed by atoms with Gasteiger partial charge < -0.3 is 10.1 Å². The molecule has 0 bridgehead atoms. The molecule has 6 heteroatoms. The topological polar surface area (TPSA) is 70.2 Å². The molecule has 2 N–H and O–H groups in total. The highest BCUT2D eigenvalue weighted by Crippen LogP contribution is 2.18. The minimum atomic E-state index is -0.123. The van der Waals surface area contributed by atoms with Gasteiger partial charge in [-0.2, -0.15) is 5.10 Å². The molecule has 1 amide bonds. The van der Waals surface area contributed by atoms with Crippen LogP contribution in [0.5, 0.6) is 0 Å². The molecule has 1 aromatic heterocycles. The number of nitrogens with one attached hydrogen (secondary N) is 2. The molecule has 1 fully saturated rings. The molecule has 21 heavy (non-hydrogen) atoms. The molecular weight excluding hydrogens is 268 g/mol. The summed E-state index contributed by atoms with van der Waals surface area (Å²) in [5.41, 5.74) is 0.912. The van der Waals surface area contributed by atoms with Crippen molar-refractivity contribution in [1.82, 2.24) is 20.4 Å². The molecule has 3 atom stereocenters. The number of rotatable bonds is 5. The largest absolute Gasteiger partial charge is 0.373 e. The maximum atomic E-state index is 12.6. The number of hydrogen-bond donors (Lipinski definition) is 2. The number of nitrogens with zero attached hydrogens (tertiary/aromatic N) is 2. The fourth-order valence-corrected chi connectivity index (χ4v) is 3.01. The summed E-state index contributed by atoms with van der Waals surface area (Å²) >= 11 is 0. The number of ether oxygens (including phenoxy) is 1. The lowest BCUT2D eigenvalue weighted by Crippen LogP contribution is -2.56. The molecule has 1 aromatic rings. The number of hydrogen-bond acceptors (Lipinski definition) is 4. The second-order valence-corrected chi connectivity index (χ2v) is 6.20. The molecule has 1 saturated heterocycles. The van der Waals surface area contributed by atoms with Crippen molar-refractivity contribution in [1.29, 1.82) is 0 Å². The van der Waals surface area contributed by atoms with Crippen LogP contribution in [0.3, 0.4) is 0 Å². The minimum absolute atomic E-state index is 0.0703. The summed E-state index contributed by atoms with van der Waals surface area (Å²) in [6.45, 7) is 10.4. The summed E-state index contributed by atoms with van der Waals surface area (Å²) in [5.74, 6) is 0.324. The fraction of sp³-hybridized carbons (Fsp3) is 0.733. The first kappa shape index (κ1) is 16.0. The van der Waals surface area contributed by atoms with E-state index in [9.17, 15) is 4.79 Å². The zero-order valence-electron chi connectivity index (χ0n) is 13.3. The molecular formula is C15H26N4O2. The van der Waals surface area contributed by atoms with Gasteiger partial charge in [0, 0.05) is 19.3 Å². The number of aromatic nitrogens is 2. The van der Waals surface area contributed by atoms with Gasteiger partial charge in [-0.1, -0.05) is 13.8 Å². The smallest absolute Gasteiger partial charge is 0.237 e. The highest BCUT2D eigenvalue weighted by Gasteiger charge is 2.33. The van der Waals surface area contributed by atoms with Crippen LogP contribution in [0.4, 0.5) is 0 Å². The number of amides is 1. The molecule has 2 heterocycles. The highest BCUT2D eigenvalue weighted by molar-refractivity contribution is 5.82. The van der Waals surface area contributed by atoms with Crippen LogP contribution >= 0.6 is 0 Å². The first-order valence-electron chi connectivity index (χ1n) is 7.63. The molecule has 0 aliphatic carbocycles. The normalized spacial score (nSPS) is 25.0. The van der Waals surface area contributed by atoms with E-state index in [0.29, 0.717) is 6.54 Å². The molecule has 0 spiro atoms. The van der Waals surface area contributed by atoms with Crippen LogP contribution in [0.25, 0.3) is 0 Å². The van der Waals surface area contributed by atoms with Crippen LogP contribution in [-0.4, -0.2) is 52.3 Å². The zero-order chi connectivity index (χ0) is 15.4. The molecule has 1 aliphatic heterocycles. The molecule has 1 aliphatic rings. The predicted molar refractivity (Wildman–Crippen MR) is 80.6 cm³/mol. The third-order valence-corrected chi connectivity index (χ3v) is 3.75. The van der Waals surface area contributed by atoms with Gasteiger partial charge in [0.1, 0.15) is 0 Å². The van der Waals surface area contributed by atoms with Gasteiger partial charge in [0.2, 0.25) is 5.91 Å². The Hall–Kier alpha value is -1.40. The summed E-state index contributed by atoms with van der Waals surface area (Å²) in [6, 6.07) is 1.74. The number of carbonyl (C=O) groups excluding carboxylic acids is 1. The third kappa shape index (κ3) is 4.28. The van der Waals surface area contributed by atoms with Crippen LogP contribution in [0.2, 0.25) is 0 Å². The van der Waals surface area contributed by atoms with Crippen LogP contribution in [0.1, 0.15) is 33.4 Å². The number of H-pyrrole nitrogens is 1. The number of carbonyl (C=O) groups is 1. The maximum Gasteiger partial charge on any atom is 0.237 e. The Balaban J connectivity index is 1.98. The fourth-order valence-electron chi connectivity index (χ4n) is 3.01. The highest BCUT2D eigenvalue weighted by atomic mass is 16.5. The van der Waals surface area contributed by atoms with Gasteiger partial charge in [0.25, 0.3) is 0 Å². The second kappa shape index (κ2) is 7.04. The predicted octanol–water partition coefficient (Wildman–Crippen LogP) is 1.16. The lowest BCUT2D eigenvalue weighted by Gasteiger charge is -2.41. The van der Waals surface area contributed by atoms with Crippen molar-refractivity contribution in [2.24, 2.45) is 5.92 Å². The van der Waals surface area contributed by atoms with E-state index in [0.717, 1.165) is 18.8 Å². The molecule has 6 nitrogen and oxygen atoms in total. The van der Waals surface area contributed by atoms with Gasteiger partial charge in [-0.15, -0.1) is 0 Å². The van der Waals surface area contributed by atoms with Crippen molar-refractivity contribution in [3.63, 3.8) is 0 Å². The van der Waals surface area contributed by atoms with Crippen LogP contribution in [0.15, 0.2) is 12.3 Å².